The van der Waals surface area contributed by atoms with E-state index in [1.54, 1.807) is 0 Å². The summed E-state index contributed by atoms with van der Waals surface area (Å²) in [7, 11) is 2.08. The lowest BCUT2D eigenvalue weighted by atomic mass is 10.2. The molecule has 1 aliphatic heterocycles. The van der Waals surface area contributed by atoms with Crippen molar-refractivity contribution in [3.05, 3.63) is 54.1 Å². The first-order valence-corrected chi connectivity index (χ1v) is 8.90. The molecule has 3 N–H and O–H groups in total. The third-order valence-corrected chi connectivity index (χ3v) is 4.08. The molecular formula is C20H27IN4O2. The molecule has 1 heterocycles. The van der Waals surface area contributed by atoms with E-state index in [1.165, 1.54) is 5.56 Å². The Labute approximate surface area is 177 Å². The molecule has 146 valence electrons. The maximum absolute atomic E-state index is 6.00. The summed E-state index contributed by atoms with van der Waals surface area (Å²) in [6, 6.07) is 16.1. The second kappa shape index (κ2) is 11.0. The van der Waals surface area contributed by atoms with Crippen LogP contribution in [-0.4, -0.2) is 44.2 Å². The minimum absolute atomic E-state index is 0. The Morgan fingerprint density at radius 1 is 1.11 bits per heavy atom. The van der Waals surface area contributed by atoms with Crippen LogP contribution in [0.15, 0.2) is 53.5 Å². The highest BCUT2D eigenvalue weighted by molar-refractivity contribution is 14.0. The lowest BCUT2D eigenvalue weighted by molar-refractivity contribution is 0.297. The lowest BCUT2D eigenvalue weighted by Crippen LogP contribution is -2.26. The Morgan fingerprint density at radius 2 is 1.85 bits per heavy atom. The number of rotatable bonds is 6. The number of ether oxygens (including phenoxy) is 2. The molecule has 0 radical (unpaired) electrons. The first-order valence-electron chi connectivity index (χ1n) is 8.90. The normalized spacial score (nSPS) is 13.6. The average Bonchev–Trinajstić information content (AvgIpc) is 2.87. The molecule has 0 amide bonds. The van der Waals surface area contributed by atoms with Crippen molar-refractivity contribution in [2.75, 3.05) is 38.7 Å². The van der Waals surface area contributed by atoms with E-state index in [-0.39, 0.29) is 24.0 Å². The maximum atomic E-state index is 6.00. The number of halogens is 1. The van der Waals surface area contributed by atoms with Crippen molar-refractivity contribution in [3.8, 4) is 11.5 Å². The summed E-state index contributed by atoms with van der Waals surface area (Å²) in [6.45, 7) is 3.70. The summed E-state index contributed by atoms with van der Waals surface area (Å²) >= 11 is 0. The maximum Gasteiger partial charge on any atom is 0.193 e. The number of fused-ring (bicyclic) bond motifs is 1. The number of nitrogens with zero attached hydrogens (tertiary/aromatic N) is 2. The monoisotopic (exact) mass is 482 g/mol. The van der Waals surface area contributed by atoms with Gasteiger partial charge in [-0.15, -0.1) is 24.0 Å². The van der Waals surface area contributed by atoms with Crippen LogP contribution in [0.25, 0.3) is 0 Å². The highest BCUT2D eigenvalue weighted by Crippen LogP contribution is 2.32. The van der Waals surface area contributed by atoms with Crippen molar-refractivity contribution in [1.82, 2.24) is 4.90 Å². The molecule has 0 fully saturated rings. The Hall–Kier alpha value is -2.00. The van der Waals surface area contributed by atoms with Crippen molar-refractivity contribution in [3.63, 3.8) is 0 Å². The summed E-state index contributed by atoms with van der Waals surface area (Å²) < 4.78 is 11.3. The zero-order valence-corrected chi connectivity index (χ0v) is 17.9. The molecule has 27 heavy (non-hydrogen) atoms. The number of nitrogens with one attached hydrogen (secondary N) is 1. The van der Waals surface area contributed by atoms with Crippen LogP contribution in [0.2, 0.25) is 0 Å². The first kappa shape index (κ1) is 21.3. The van der Waals surface area contributed by atoms with Crippen molar-refractivity contribution < 1.29 is 9.47 Å². The van der Waals surface area contributed by atoms with Gasteiger partial charge in [-0.05, 0) is 24.7 Å². The van der Waals surface area contributed by atoms with Gasteiger partial charge in [0.1, 0.15) is 0 Å². The van der Waals surface area contributed by atoms with Gasteiger partial charge in [-0.1, -0.05) is 30.3 Å². The minimum Gasteiger partial charge on any atom is -0.490 e. The second-order valence-electron chi connectivity index (χ2n) is 6.33. The van der Waals surface area contributed by atoms with Gasteiger partial charge < -0.3 is 25.4 Å². The largest absolute Gasteiger partial charge is 0.490 e. The van der Waals surface area contributed by atoms with E-state index < -0.39 is 0 Å². The van der Waals surface area contributed by atoms with Crippen LogP contribution in [0.5, 0.6) is 11.5 Å². The van der Waals surface area contributed by atoms with Gasteiger partial charge >= 0.3 is 0 Å². The van der Waals surface area contributed by atoms with E-state index in [9.17, 15) is 0 Å². The topological polar surface area (TPSA) is 72.1 Å². The number of nitrogens with two attached hydrogens (primary N) is 1. The van der Waals surface area contributed by atoms with Crippen molar-refractivity contribution in [2.45, 2.75) is 13.0 Å². The molecule has 0 bridgehead atoms. The van der Waals surface area contributed by atoms with Crippen LogP contribution in [0.3, 0.4) is 0 Å². The Balaban J connectivity index is 0.00000261. The molecule has 0 saturated heterocycles. The van der Waals surface area contributed by atoms with Crippen molar-refractivity contribution >= 4 is 35.6 Å². The molecule has 3 rings (SSSR count). The lowest BCUT2D eigenvalue weighted by Gasteiger charge is -2.15. The van der Waals surface area contributed by atoms with E-state index in [0.29, 0.717) is 25.7 Å². The van der Waals surface area contributed by atoms with Gasteiger partial charge in [0.25, 0.3) is 0 Å². The van der Waals surface area contributed by atoms with E-state index in [4.69, 9.17) is 15.2 Å². The van der Waals surface area contributed by atoms with Gasteiger partial charge in [0.05, 0.1) is 19.8 Å². The highest BCUT2D eigenvalue weighted by Gasteiger charge is 2.10. The summed E-state index contributed by atoms with van der Waals surface area (Å²) in [5, 5.41) is 3.11. The molecule has 0 atom stereocenters. The Bertz CT molecular complexity index is 740. The Kier molecular flexibility index (Phi) is 8.66. The fourth-order valence-corrected chi connectivity index (χ4v) is 2.74. The number of hydrogen-bond donors (Lipinski definition) is 2. The van der Waals surface area contributed by atoms with Crippen LogP contribution in [0.4, 0.5) is 5.69 Å². The van der Waals surface area contributed by atoms with E-state index in [0.717, 1.165) is 36.7 Å². The zero-order valence-electron chi connectivity index (χ0n) is 15.6. The number of likely N-dealkylation sites (N-methyl/N-ethyl adjacent to an activating group) is 1. The smallest absolute Gasteiger partial charge is 0.193 e. The molecule has 1 aliphatic rings. The SMILES string of the molecule is CN(CCN=C(N)Nc1ccc2c(c1)OCCCO2)Cc1ccccc1.I. The predicted octanol–water partition coefficient (Wildman–Crippen LogP) is 3.32. The quantitative estimate of drug-likeness (QED) is 0.376. The number of hydrogen-bond acceptors (Lipinski definition) is 4. The summed E-state index contributed by atoms with van der Waals surface area (Å²) in [5.41, 5.74) is 8.13. The van der Waals surface area contributed by atoms with Gasteiger partial charge in [0, 0.05) is 31.3 Å². The number of guanidine groups is 1. The zero-order chi connectivity index (χ0) is 18.2. The average molecular weight is 482 g/mol. The van der Waals surface area contributed by atoms with E-state index in [1.807, 2.05) is 24.3 Å². The molecular weight excluding hydrogens is 455 g/mol. The molecule has 0 spiro atoms. The molecule has 7 heteroatoms. The third kappa shape index (κ3) is 6.91. The molecule has 0 saturated carbocycles. The summed E-state index contributed by atoms with van der Waals surface area (Å²) in [4.78, 5) is 6.62. The molecule has 6 nitrogen and oxygen atoms in total. The van der Waals surface area contributed by atoms with Crippen molar-refractivity contribution in [2.24, 2.45) is 10.7 Å². The van der Waals surface area contributed by atoms with Crippen LogP contribution < -0.4 is 20.5 Å². The van der Waals surface area contributed by atoms with E-state index >= 15 is 0 Å². The van der Waals surface area contributed by atoms with Crippen molar-refractivity contribution in [1.29, 1.82) is 0 Å². The summed E-state index contributed by atoms with van der Waals surface area (Å²) in [6.07, 6.45) is 0.886. The van der Waals surface area contributed by atoms with Gasteiger partial charge in [-0.25, -0.2) is 0 Å². The molecule has 0 aromatic heterocycles. The fourth-order valence-electron chi connectivity index (χ4n) is 2.74. The molecule has 0 aliphatic carbocycles. The first-order chi connectivity index (χ1) is 12.7. The van der Waals surface area contributed by atoms with Crippen LogP contribution in [0.1, 0.15) is 12.0 Å². The number of aliphatic imine (C=N–C) groups is 1. The molecule has 2 aromatic carbocycles. The van der Waals surface area contributed by atoms with Gasteiger partial charge in [-0.2, -0.15) is 0 Å². The summed E-state index contributed by atoms with van der Waals surface area (Å²) in [5.74, 6) is 1.90. The number of anilines is 1. The third-order valence-electron chi connectivity index (χ3n) is 4.08. The number of benzene rings is 2. The van der Waals surface area contributed by atoms with Crippen LogP contribution in [-0.2, 0) is 6.54 Å². The highest BCUT2D eigenvalue weighted by atomic mass is 127. The van der Waals surface area contributed by atoms with E-state index in [2.05, 4.69) is 46.5 Å². The van der Waals surface area contributed by atoms with Gasteiger partial charge in [0.2, 0.25) is 0 Å². The predicted molar refractivity (Wildman–Crippen MR) is 120 cm³/mol. The van der Waals surface area contributed by atoms with Crippen LogP contribution in [0, 0.1) is 0 Å². The standard InChI is InChI=1S/C20H26N4O2.HI/c1-24(15-16-6-3-2-4-7-16)11-10-22-20(21)23-17-8-9-18-19(14-17)26-13-5-12-25-18;/h2-4,6-9,14H,5,10-13,15H2,1H3,(H3,21,22,23);1H. The molecule has 0 unspecified atom stereocenters. The van der Waals surface area contributed by atoms with Gasteiger partial charge in [0.15, 0.2) is 17.5 Å². The fraction of sp³-hybridized carbons (Fsp3) is 0.350. The second-order valence-corrected chi connectivity index (χ2v) is 6.33. The molecule has 2 aromatic rings. The Morgan fingerprint density at radius 3 is 2.63 bits per heavy atom. The minimum atomic E-state index is 0. The van der Waals surface area contributed by atoms with Gasteiger partial charge in [-0.3, -0.25) is 4.99 Å². The van der Waals surface area contributed by atoms with Crippen LogP contribution >= 0.6 is 24.0 Å².